The second-order valence-corrected chi connectivity index (χ2v) is 4.80. The standard InChI is InChI=1S/C14H16F3N5O2/c15-14(16,17)13-20-11(21-22-13)8-19-12(23)9-2-4-10(5-3-9)24-7-1-6-18/h2-5H,1,6-8,18H2,(H,19,23)(H,20,21,22). The van der Waals surface area contributed by atoms with Crippen molar-refractivity contribution in [1.82, 2.24) is 20.5 Å². The van der Waals surface area contributed by atoms with Gasteiger partial charge in [0.05, 0.1) is 13.2 Å². The molecule has 0 fully saturated rings. The van der Waals surface area contributed by atoms with E-state index in [-0.39, 0.29) is 12.4 Å². The fraction of sp³-hybridized carbons (Fsp3) is 0.357. The minimum absolute atomic E-state index is 0.0857. The Morgan fingerprint density at radius 3 is 2.58 bits per heavy atom. The van der Waals surface area contributed by atoms with Gasteiger partial charge in [-0.05, 0) is 37.2 Å². The second kappa shape index (κ2) is 7.77. The fourth-order valence-electron chi connectivity index (χ4n) is 1.74. The van der Waals surface area contributed by atoms with Crippen LogP contribution in [-0.4, -0.2) is 34.2 Å². The molecule has 1 aromatic heterocycles. The zero-order valence-electron chi connectivity index (χ0n) is 12.6. The SMILES string of the molecule is NCCCOc1ccc(C(=O)NCc2nc(C(F)(F)F)n[nH]2)cc1. The number of rotatable bonds is 7. The van der Waals surface area contributed by atoms with Gasteiger partial charge in [0.25, 0.3) is 11.7 Å². The van der Waals surface area contributed by atoms with Gasteiger partial charge in [0.2, 0.25) is 0 Å². The van der Waals surface area contributed by atoms with E-state index in [1.807, 2.05) is 0 Å². The molecule has 0 aliphatic carbocycles. The zero-order valence-corrected chi connectivity index (χ0v) is 12.6. The molecule has 0 unspecified atom stereocenters. The molecule has 0 aliphatic heterocycles. The number of amides is 1. The number of hydrogen-bond acceptors (Lipinski definition) is 5. The molecule has 0 radical (unpaired) electrons. The highest BCUT2D eigenvalue weighted by Gasteiger charge is 2.35. The predicted octanol–water partition coefficient (Wildman–Crippen LogP) is 1.48. The van der Waals surface area contributed by atoms with Crippen LogP contribution in [0.2, 0.25) is 0 Å². The number of nitrogens with two attached hydrogens (primary N) is 1. The summed E-state index contributed by atoms with van der Waals surface area (Å²) in [5.41, 5.74) is 5.70. The van der Waals surface area contributed by atoms with Crippen LogP contribution in [0.15, 0.2) is 24.3 Å². The monoisotopic (exact) mass is 343 g/mol. The molecule has 0 bridgehead atoms. The van der Waals surface area contributed by atoms with Crippen LogP contribution in [0.4, 0.5) is 13.2 Å². The van der Waals surface area contributed by atoms with Gasteiger partial charge in [-0.1, -0.05) is 0 Å². The molecule has 24 heavy (non-hydrogen) atoms. The highest BCUT2D eigenvalue weighted by molar-refractivity contribution is 5.94. The lowest BCUT2D eigenvalue weighted by molar-refractivity contribution is -0.144. The summed E-state index contributed by atoms with van der Waals surface area (Å²) in [5, 5.41) is 7.63. The third-order valence-electron chi connectivity index (χ3n) is 2.94. The van der Waals surface area contributed by atoms with Crippen LogP contribution < -0.4 is 15.8 Å². The van der Waals surface area contributed by atoms with Gasteiger partial charge >= 0.3 is 6.18 Å². The second-order valence-electron chi connectivity index (χ2n) is 4.80. The van der Waals surface area contributed by atoms with Crippen LogP contribution in [0.25, 0.3) is 0 Å². The highest BCUT2D eigenvalue weighted by Crippen LogP contribution is 2.25. The molecule has 0 aliphatic rings. The van der Waals surface area contributed by atoms with Crippen LogP contribution in [0.3, 0.4) is 0 Å². The summed E-state index contributed by atoms with van der Waals surface area (Å²) in [7, 11) is 0. The Morgan fingerprint density at radius 1 is 1.29 bits per heavy atom. The molecule has 1 amide bonds. The lowest BCUT2D eigenvalue weighted by atomic mass is 10.2. The molecule has 2 aromatic rings. The Balaban J connectivity index is 1.87. The van der Waals surface area contributed by atoms with E-state index < -0.39 is 17.9 Å². The van der Waals surface area contributed by atoms with Crippen molar-refractivity contribution in [1.29, 1.82) is 0 Å². The number of nitrogens with one attached hydrogen (secondary N) is 2. The van der Waals surface area contributed by atoms with Crippen molar-refractivity contribution in [2.45, 2.75) is 19.1 Å². The molecule has 0 saturated carbocycles. The Morgan fingerprint density at radius 2 is 2.00 bits per heavy atom. The lowest BCUT2D eigenvalue weighted by Crippen LogP contribution is -2.23. The molecule has 10 heteroatoms. The summed E-state index contributed by atoms with van der Waals surface area (Å²) in [6.45, 7) is 0.809. The number of halogens is 3. The molecule has 1 heterocycles. The van der Waals surface area contributed by atoms with E-state index in [4.69, 9.17) is 10.5 Å². The molecule has 0 spiro atoms. The summed E-state index contributed by atoms with van der Waals surface area (Å²) < 4.78 is 42.5. The minimum atomic E-state index is -4.63. The molecule has 0 atom stereocenters. The Bertz CT molecular complexity index is 670. The quantitative estimate of drug-likeness (QED) is 0.660. The Labute approximate surface area is 135 Å². The van der Waals surface area contributed by atoms with Crippen molar-refractivity contribution in [3.05, 3.63) is 41.5 Å². The average molecular weight is 343 g/mol. The largest absolute Gasteiger partial charge is 0.494 e. The number of carbonyl (C=O) groups is 1. The van der Waals surface area contributed by atoms with Gasteiger partial charge in [-0.25, -0.2) is 4.98 Å². The van der Waals surface area contributed by atoms with E-state index in [0.717, 1.165) is 6.42 Å². The third-order valence-corrected chi connectivity index (χ3v) is 2.94. The Hall–Kier alpha value is -2.62. The van der Waals surface area contributed by atoms with Gasteiger partial charge in [0.15, 0.2) is 0 Å². The summed E-state index contributed by atoms with van der Waals surface area (Å²) >= 11 is 0. The normalized spacial score (nSPS) is 11.3. The van der Waals surface area contributed by atoms with Crippen LogP contribution in [-0.2, 0) is 12.7 Å². The number of benzene rings is 1. The molecule has 7 nitrogen and oxygen atoms in total. The summed E-state index contributed by atoms with van der Waals surface area (Å²) in [6, 6.07) is 6.35. The van der Waals surface area contributed by atoms with Gasteiger partial charge in [-0.15, -0.1) is 5.10 Å². The maximum absolute atomic E-state index is 12.4. The topological polar surface area (TPSA) is 106 Å². The van der Waals surface area contributed by atoms with Crippen LogP contribution in [0.1, 0.15) is 28.4 Å². The minimum Gasteiger partial charge on any atom is -0.494 e. The van der Waals surface area contributed by atoms with Crippen LogP contribution >= 0.6 is 0 Å². The van der Waals surface area contributed by atoms with Gasteiger partial charge in [-0.2, -0.15) is 13.2 Å². The van der Waals surface area contributed by atoms with Crippen molar-refractivity contribution in [2.75, 3.05) is 13.2 Å². The first-order chi connectivity index (χ1) is 11.4. The maximum Gasteiger partial charge on any atom is 0.453 e. The van der Waals surface area contributed by atoms with E-state index in [1.165, 1.54) is 0 Å². The smallest absolute Gasteiger partial charge is 0.453 e. The third kappa shape index (κ3) is 4.95. The number of alkyl halides is 3. The number of hydrogen-bond donors (Lipinski definition) is 3. The number of nitrogens with zero attached hydrogens (tertiary/aromatic N) is 2. The number of H-pyrrole nitrogens is 1. The number of carbonyl (C=O) groups excluding carboxylic acids is 1. The number of ether oxygens (including phenoxy) is 1. The van der Waals surface area contributed by atoms with E-state index in [9.17, 15) is 18.0 Å². The molecule has 4 N–H and O–H groups in total. The van der Waals surface area contributed by atoms with Crippen molar-refractivity contribution in [3.63, 3.8) is 0 Å². The summed E-state index contributed by atoms with van der Waals surface area (Å²) in [5.74, 6) is -1.21. The Kier molecular flexibility index (Phi) is 5.74. The van der Waals surface area contributed by atoms with Crippen LogP contribution in [0, 0.1) is 0 Å². The van der Waals surface area contributed by atoms with Crippen molar-refractivity contribution < 1.29 is 22.7 Å². The first-order valence-electron chi connectivity index (χ1n) is 7.10. The average Bonchev–Trinajstić information content (AvgIpc) is 3.03. The number of aromatic nitrogens is 3. The molecule has 2 rings (SSSR count). The van der Waals surface area contributed by atoms with Gasteiger partial charge in [0, 0.05) is 5.56 Å². The lowest BCUT2D eigenvalue weighted by Gasteiger charge is -2.07. The van der Waals surface area contributed by atoms with Crippen LogP contribution in [0.5, 0.6) is 5.75 Å². The van der Waals surface area contributed by atoms with E-state index >= 15 is 0 Å². The predicted molar refractivity (Wildman–Crippen MR) is 78.2 cm³/mol. The fourth-order valence-corrected chi connectivity index (χ4v) is 1.74. The van der Waals surface area contributed by atoms with Gasteiger partial charge < -0.3 is 15.8 Å². The summed E-state index contributed by atoms with van der Waals surface area (Å²) in [6.07, 6.45) is -3.90. The van der Waals surface area contributed by atoms with E-state index in [1.54, 1.807) is 24.3 Å². The van der Waals surface area contributed by atoms with Crippen molar-refractivity contribution in [3.8, 4) is 5.75 Å². The van der Waals surface area contributed by atoms with Crippen molar-refractivity contribution in [2.24, 2.45) is 5.73 Å². The molecule has 0 saturated heterocycles. The molecule has 1 aromatic carbocycles. The first kappa shape index (κ1) is 17.7. The first-order valence-corrected chi connectivity index (χ1v) is 7.10. The van der Waals surface area contributed by atoms with E-state index in [2.05, 4.69) is 20.5 Å². The maximum atomic E-state index is 12.4. The number of aromatic amines is 1. The molecular weight excluding hydrogens is 327 g/mol. The summed E-state index contributed by atoms with van der Waals surface area (Å²) in [4.78, 5) is 15.2. The zero-order chi connectivity index (χ0) is 17.6. The molecule has 130 valence electrons. The van der Waals surface area contributed by atoms with E-state index in [0.29, 0.717) is 24.5 Å². The van der Waals surface area contributed by atoms with Gasteiger partial charge in [-0.3, -0.25) is 9.89 Å². The molecular formula is C14H16F3N5O2. The van der Waals surface area contributed by atoms with Gasteiger partial charge in [0.1, 0.15) is 11.6 Å². The highest BCUT2D eigenvalue weighted by atomic mass is 19.4. The van der Waals surface area contributed by atoms with Crippen molar-refractivity contribution >= 4 is 5.91 Å².